The zero-order chi connectivity index (χ0) is 24.0. The molecule has 0 radical (unpaired) electrons. The molecule has 0 aliphatic carbocycles. The van der Waals surface area contributed by atoms with Gasteiger partial charge >= 0.3 is 0 Å². The van der Waals surface area contributed by atoms with E-state index in [-0.39, 0.29) is 30.3 Å². The number of pyridine rings is 1. The Bertz CT molecular complexity index is 1190. The van der Waals surface area contributed by atoms with Crippen molar-refractivity contribution >= 4 is 35.5 Å². The summed E-state index contributed by atoms with van der Waals surface area (Å²) in [6.45, 7) is 0.253. The molecule has 0 bridgehead atoms. The third kappa shape index (κ3) is 6.07. The number of aromatic nitrogens is 2. The average Bonchev–Trinajstić information content (AvgIpc) is 3.27. The molecule has 0 unspecified atom stereocenters. The lowest BCUT2D eigenvalue weighted by atomic mass is 10.1. The summed E-state index contributed by atoms with van der Waals surface area (Å²) >= 11 is 0. The van der Waals surface area contributed by atoms with E-state index in [1.165, 1.54) is 0 Å². The largest absolute Gasteiger partial charge is 0.388 e. The molecule has 2 heterocycles. The van der Waals surface area contributed by atoms with Gasteiger partial charge in [-0.3, -0.25) is 15.0 Å². The lowest BCUT2D eigenvalue weighted by Crippen LogP contribution is -2.27. The molecule has 2 amide bonds. The van der Waals surface area contributed by atoms with Crippen LogP contribution in [0, 0.1) is 5.41 Å². The lowest BCUT2D eigenvalue weighted by Gasteiger charge is -2.11. The maximum absolute atomic E-state index is 12.3. The Morgan fingerprint density at radius 3 is 2.48 bits per heavy atom. The van der Waals surface area contributed by atoms with Gasteiger partial charge in [-0.25, -0.2) is 4.98 Å². The number of amides is 2. The van der Waals surface area contributed by atoms with Crippen LogP contribution in [-0.4, -0.2) is 48.3 Å². The van der Waals surface area contributed by atoms with Crippen molar-refractivity contribution < 1.29 is 9.59 Å². The van der Waals surface area contributed by atoms with E-state index >= 15 is 0 Å². The van der Waals surface area contributed by atoms with Crippen LogP contribution in [0.3, 0.4) is 0 Å². The van der Waals surface area contributed by atoms with Gasteiger partial charge in [0.25, 0.3) is 11.8 Å². The van der Waals surface area contributed by atoms with Crippen LogP contribution in [0.1, 0.15) is 38.5 Å². The fraction of sp³-hybridized carbons (Fsp3) is 0.167. The van der Waals surface area contributed by atoms with Gasteiger partial charge in [0.1, 0.15) is 5.69 Å². The van der Waals surface area contributed by atoms with Gasteiger partial charge in [-0.2, -0.15) is 0 Å². The first kappa shape index (κ1) is 23.3. The second-order valence-electron chi connectivity index (χ2n) is 7.65. The number of H-pyrrole nitrogens is 1. The molecule has 1 aromatic carbocycles. The molecule has 0 fully saturated rings. The first-order valence-corrected chi connectivity index (χ1v) is 10.3. The molecular weight excluding hydrogens is 418 g/mol. The number of anilines is 1. The standard InChI is InChI=1S/C24H27N7O2/c1-31(2)18-8-4-15(5-9-18)3-6-17-7-10-19(23(27)32)22(30-17)16-13-20(29-14-16)24(33)28-12-11-21(25)26/h3-10,13-14,29H,11-12H2,1-2H3,(H3,25,26)(H2,27,32)(H,28,33). The number of carbonyl (C=O) groups excluding carboxylic acids is 2. The predicted molar refractivity (Wildman–Crippen MR) is 131 cm³/mol. The highest BCUT2D eigenvalue weighted by Crippen LogP contribution is 2.24. The van der Waals surface area contributed by atoms with E-state index in [1.54, 1.807) is 24.4 Å². The molecule has 0 saturated heterocycles. The van der Waals surface area contributed by atoms with Crippen molar-refractivity contribution in [2.75, 3.05) is 25.5 Å². The van der Waals surface area contributed by atoms with Crippen LogP contribution in [0.5, 0.6) is 0 Å². The fourth-order valence-electron chi connectivity index (χ4n) is 3.12. The molecule has 0 saturated carbocycles. The van der Waals surface area contributed by atoms with Gasteiger partial charge in [-0.15, -0.1) is 0 Å². The second kappa shape index (κ2) is 10.3. The third-order valence-corrected chi connectivity index (χ3v) is 4.92. The van der Waals surface area contributed by atoms with E-state index in [1.807, 2.05) is 55.4 Å². The van der Waals surface area contributed by atoms with Crippen LogP contribution in [0.4, 0.5) is 5.69 Å². The molecular formula is C24H27N7O2. The zero-order valence-corrected chi connectivity index (χ0v) is 18.6. The maximum atomic E-state index is 12.3. The first-order valence-electron chi connectivity index (χ1n) is 10.3. The Balaban J connectivity index is 1.84. The Labute approximate surface area is 192 Å². The number of hydrogen-bond acceptors (Lipinski definition) is 5. The Hall–Kier alpha value is -4.40. The first-order chi connectivity index (χ1) is 15.7. The van der Waals surface area contributed by atoms with Crippen molar-refractivity contribution in [3.63, 3.8) is 0 Å². The normalized spacial score (nSPS) is 10.8. The van der Waals surface area contributed by atoms with Gasteiger partial charge in [-0.05, 0) is 42.0 Å². The summed E-state index contributed by atoms with van der Waals surface area (Å²) in [5, 5.41) is 9.89. The van der Waals surface area contributed by atoms with Gasteiger partial charge in [0.15, 0.2) is 0 Å². The third-order valence-electron chi connectivity index (χ3n) is 4.92. The highest BCUT2D eigenvalue weighted by atomic mass is 16.2. The number of carbonyl (C=O) groups is 2. The number of aromatic amines is 1. The predicted octanol–water partition coefficient (Wildman–Crippen LogP) is 2.47. The van der Waals surface area contributed by atoms with Crippen LogP contribution in [0.2, 0.25) is 0 Å². The molecule has 0 atom stereocenters. The van der Waals surface area contributed by atoms with Crippen molar-refractivity contribution in [3.05, 3.63) is 71.2 Å². The van der Waals surface area contributed by atoms with Crippen molar-refractivity contribution in [1.82, 2.24) is 15.3 Å². The van der Waals surface area contributed by atoms with E-state index in [0.29, 0.717) is 22.6 Å². The topological polar surface area (TPSA) is 154 Å². The Morgan fingerprint density at radius 1 is 1.12 bits per heavy atom. The highest BCUT2D eigenvalue weighted by Gasteiger charge is 2.16. The SMILES string of the molecule is CN(C)c1ccc(C=Cc2ccc(C(N)=O)c(-c3c[nH]c(C(=O)NCCC(=N)N)c3)n2)cc1. The number of benzene rings is 1. The van der Waals surface area contributed by atoms with E-state index in [0.717, 1.165) is 11.3 Å². The minimum absolute atomic E-state index is 0.00344. The van der Waals surface area contributed by atoms with E-state index in [2.05, 4.69) is 15.3 Å². The van der Waals surface area contributed by atoms with E-state index < -0.39 is 5.91 Å². The number of nitrogens with two attached hydrogens (primary N) is 2. The number of nitrogens with one attached hydrogen (secondary N) is 3. The summed E-state index contributed by atoms with van der Waals surface area (Å²) in [5.74, 6) is -0.961. The maximum Gasteiger partial charge on any atom is 0.267 e. The van der Waals surface area contributed by atoms with Crippen LogP contribution in [-0.2, 0) is 0 Å². The van der Waals surface area contributed by atoms with E-state index in [4.69, 9.17) is 16.9 Å². The van der Waals surface area contributed by atoms with Crippen molar-refractivity contribution in [2.45, 2.75) is 6.42 Å². The molecule has 7 N–H and O–H groups in total. The fourth-order valence-corrected chi connectivity index (χ4v) is 3.12. The lowest BCUT2D eigenvalue weighted by molar-refractivity contribution is 0.0949. The number of hydrogen-bond donors (Lipinski definition) is 5. The number of rotatable bonds is 9. The summed E-state index contributed by atoms with van der Waals surface area (Å²) in [7, 11) is 3.97. The zero-order valence-electron chi connectivity index (χ0n) is 18.6. The molecule has 0 aliphatic rings. The molecule has 9 nitrogen and oxygen atoms in total. The van der Waals surface area contributed by atoms with Gasteiger partial charge in [-0.1, -0.05) is 18.2 Å². The van der Waals surface area contributed by atoms with Crippen molar-refractivity contribution in [1.29, 1.82) is 5.41 Å². The summed E-state index contributed by atoms with van der Waals surface area (Å²) in [6.07, 6.45) is 5.64. The molecule has 0 spiro atoms. The summed E-state index contributed by atoms with van der Waals surface area (Å²) in [6, 6.07) is 13.0. The van der Waals surface area contributed by atoms with Gasteiger partial charge in [0.2, 0.25) is 0 Å². The van der Waals surface area contributed by atoms with Crippen LogP contribution in [0.15, 0.2) is 48.7 Å². The van der Waals surface area contributed by atoms with Crippen LogP contribution >= 0.6 is 0 Å². The number of nitrogens with zero attached hydrogens (tertiary/aromatic N) is 2. The van der Waals surface area contributed by atoms with Gasteiger partial charge in [0.05, 0.1) is 22.8 Å². The average molecular weight is 446 g/mol. The highest BCUT2D eigenvalue weighted by molar-refractivity contribution is 6.00. The second-order valence-corrected chi connectivity index (χ2v) is 7.65. The van der Waals surface area contributed by atoms with Gasteiger partial charge < -0.3 is 26.7 Å². The van der Waals surface area contributed by atoms with Crippen LogP contribution < -0.4 is 21.7 Å². The van der Waals surface area contributed by atoms with Crippen molar-refractivity contribution in [2.24, 2.45) is 11.5 Å². The van der Waals surface area contributed by atoms with E-state index in [9.17, 15) is 9.59 Å². The molecule has 33 heavy (non-hydrogen) atoms. The molecule has 9 heteroatoms. The molecule has 0 aliphatic heterocycles. The van der Waals surface area contributed by atoms with Gasteiger partial charge in [0, 0.05) is 44.5 Å². The summed E-state index contributed by atoms with van der Waals surface area (Å²) in [4.78, 5) is 33.8. The number of primary amides is 1. The molecule has 2 aromatic heterocycles. The monoisotopic (exact) mass is 445 g/mol. The minimum atomic E-state index is -0.610. The van der Waals surface area contributed by atoms with Crippen molar-refractivity contribution in [3.8, 4) is 11.3 Å². The minimum Gasteiger partial charge on any atom is -0.388 e. The summed E-state index contributed by atoms with van der Waals surface area (Å²) < 4.78 is 0. The smallest absolute Gasteiger partial charge is 0.267 e. The molecule has 170 valence electrons. The molecule has 3 rings (SSSR count). The Kier molecular flexibility index (Phi) is 7.24. The van der Waals surface area contributed by atoms with Crippen LogP contribution in [0.25, 0.3) is 23.4 Å². The quantitative estimate of drug-likeness (QED) is 0.253. The molecule has 3 aromatic rings. The summed E-state index contributed by atoms with van der Waals surface area (Å²) in [5.41, 5.74) is 15.1. The number of amidine groups is 1. The Morgan fingerprint density at radius 2 is 1.85 bits per heavy atom.